The van der Waals surface area contributed by atoms with Crippen molar-refractivity contribution in [2.24, 2.45) is 0 Å². The van der Waals surface area contributed by atoms with Gasteiger partial charge < -0.3 is 10.4 Å². The van der Waals surface area contributed by atoms with E-state index in [0.717, 1.165) is 19.3 Å². The highest BCUT2D eigenvalue weighted by molar-refractivity contribution is 5.21. The number of aliphatic hydroxyl groups is 1. The highest BCUT2D eigenvalue weighted by Gasteiger charge is 2.20. The summed E-state index contributed by atoms with van der Waals surface area (Å²) in [5.74, 6) is 0. The molecule has 9 heteroatoms. The molecule has 0 bridgehead atoms. The van der Waals surface area contributed by atoms with Gasteiger partial charge in [0, 0.05) is 18.3 Å². The van der Waals surface area contributed by atoms with Crippen molar-refractivity contribution in [2.45, 2.75) is 38.0 Å². The summed E-state index contributed by atoms with van der Waals surface area (Å²) in [5, 5.41) is 34.8. The third-order valence-electron chi connectivity index (χ3n) is 3.89. The minimum Gasteiger partial charge on any atom is -0.390 e. The fourth-order valence-corrected chi connectivity index (χ4v) is 2.72. The SMILES string of the molecule is O=[N+]([O-])c1cnn(CC(O)CNC2CCc3[nH]ncc3C2)c1. The van der Waals surface area contributed by atoms with Gasteiger partial charge in [-0.05, 0) is 24.8 Å². The van der Waals surface area contributed by atoms with Crippen LogP contribution in [0.5, 0.6) is 0 Å². The Bertz CT molecular complexity index is 652. The van der Waals surface area contributed by atoms with Gasteiger partial charge in [0.1, 0.15) is 12.4 Å². The van der Waals surface area contributed by atoms with Gasteiger partial charge >= 0.3 is 5.69 Å². The molecule has 9 nitrogen and oxygen atoms in total. The van der Waals surface area contributed by atoms with Crippen LogP contribution in [0.2, 0.25) is 0 Å². The summed E-state index contributed by atoms with van der Waals surface area (Å²) in [7, 11) is 0. The topological polar surface area (TPSA) is 122 Å². The standard InChI is InChI=1S/C13H18N6O3/c20-12(8-18-7-11(5-16-18)19(21)22)6-14-10-1-2-13-9(3-10)4-15-17-13/h4-5,7,10,12,14,20H,1-3,6,8H2,(H,15,17). The third-order valence-corrected chi connectivity index (χ3v) is 3.89. The maximum Gasteiger partial charge on any atom is 0.306 e. The van der Waals surface area contributed by atoms with E-state index in [2.05, 4.69) is 20.6 Å². The van der Waals surface area contributed by atoms with E-state index in [1.807, 2.05) is 6.20 Å². The van der Waals surface area contributed by atoms with Gasteiger partial charge in [-0.3, -0.25) is 19.9 Å². The van der Waals surface area contributed by atoms with E-state index in [1.54, 1.807) is 0 Å². The second kappa shape index (κ2) is 6.24. The predicted octanol–water partition coefficient (Wildman–Crippen LogP) is 0.0224. The molecule has 22 heavy (non-hydrogen) atoms. The van der Waals surface area contributed by atoms with Crippen LogP contribution < -0.4 is 5.32 Å². The van der Waals surface area contributed by atoms with E-state index in [0.29, 0.717) is 12.6 Å². The Hall–Kier alpha value is -2.26. The van der Waals surface area contributed by atoms with E-state index in [9.17, 15) is 15.2 Å². The summed E-state index contributed by atoms with van der Waals surface area (Å²) in [4.78, 5) is 10.1. The molecule has 1 aliphatic rings. The summed E-state index contributed by atoms with van der Waals surface area (Å²) in [6, 6.07) is 0.312. The molecule has 0 saturated heterocycles. The van der Waals surface area contributed by atoms with Crippen molar-refractivity contribution >= 4 is 5.69 Å². The van der Waals surface area contributed by atoms with Crippen molar-refractivity contribution in [1.29, 1.82) is 0 Å². The smallest absolute Gasteiger partial charge is 0.306 e. The van der Waals surface area contributed by atoms with Gasteiger partial charge in [-0.25, -0.2) is 0 Å². The Morgan fingerprint density at radius 3 is 3.23 bits per heavy atom. The van der Waals surface area contributed by atoms with Crippen molar-refractivity contribution in [3.63, 3.8) is 0 Å². The molecule has 0 aromatic carbocycles. The molecular weight excluding hydrogens is 288 g/mol. The second-order valence-electron chi connectivity index (χ2n) is 5.55. The molecule has 0 fully saturated rings. The largest absolute Gasteiger partial charge is 0.390 e. The van der Waals surface area contributed by atoms with Gasteiger partial charge in [-0.1, -0.05) is 0 Å². The van der Waals surface area contributed by atoms with Crippen molar-refractivity contribution < 1.29 is 10.0 Å². The number of H-pyrrole nitrogens is 1. The van der Waals surface area contributed by atoms with E-state index in [-0.39, 0.29) is 12.2 Å². The van der Waals surface area contributed by atoms with Crippen LogP contribution in [0, 0.1) is 10.1 Å². The first-order valence-corrected chi connectivity index (χ1v) is 7.21. The number of aryl methyl sites for hydroxylation is 1. The number of hydrogen-bond donors (Lipinski definition) is 3. The van der Waals surface area contributed by atoms with Crippen LogP contribution in [-0.2, 0) is 19.4 Å². The molecule has 2 aromatic heterocycles. The minimum absolute atomic E-state index is 0.0695. The summed E-state index contributed by atoms with van der Waals surface area (Å²) >= 11 is 0. The molecule has 0 radical (unpaired) electrons. The molecule has 0 saturated carbocycles. The highest BCUT2D eigenvalue weighted by Crippen LogP contribution is 2.18. The lowest BCUT2D eigenvalue weighted by Gasteiger charge is -2.24. The number of nitrogens with one attached hydrogen (secondary N) is 2. The number of rotatable bonds is 6. The maximum atomic E-state index is 10.6. The van der Waals surface area contributed by atoms with Crippen LogP contribution in [0.15, 0.2) is 18.6 Å². The molecule has 2 atom stereocenters. The van der Waals surface area contributed by atoms with Gasteiger partial charge in [-0.15, -0.1) is 0 Å². The van der Waals surface area contributed by atoms with E-state index in [1.165, 1.54) is 28.3 Å². The Kier molecular flexibility index (Phi) is 4.16. The van der Waals surface area contributed by atoms with Crippen molar-refractivity contribution in [1.82, 2.24) is 25.3 Å². The zero-order valence-electron chi connectivity index (χ0n) is 12.0. The van der Waals surface area contributed by atoms with Gasteiger partial charge in [-0.2, -0.15) is 10.2 Å². The summed E-state index contributed by atoms with van der Waals surface area (Å²) < 4.78 is 1.39. The zero-order chi connectivity index (χ0) is 15.5. The van der Waals surface area contributed by atoms with Gasteiger partial charge in [0.2, 0.25) is 0 Å². The Labute approximate surface area is 126 Å². The fourth-order valence-electron chi connectivity index (χ4n) is 2.72. The number of hydrogen-bond acceptors (Lipinski definition) is 6. The molecule has 2 unspecified atom stereocenters. The number of nitro groups is 1. The molecule has 0 aliphatic heterocycles. The molecule has 2 aromatic rings. The highest BCUT2D eigenvalue weighted by atomic mass is 16.6. The van der Waals surface area contributed by atoms with Gasteiger partial charge in [0.25, 0.3) is 0 Å². The quantitative estimate of drug-likeness (QED) is 0.511. The van der Waals surface area contributed by atoms with E-state index >= 15 is 0 Å². The monoisotopic (exact) mass is 306 g/mol. The van der Waals surface area contributed by atoms with Gasteiger partial charge in [0.05, 0.1) is 23.8 Å². The minimum atomic E-state index is -0.648. The molecular formula is C13H18N6O3. The Balaban J connectivity index is 1.46. The zero-order valence-corrected chi connectivity index (χ0v) is 12.0. The normalized spacial score (nSPS) is 18.9. The predicted molar refractivity (Wildman–Crippen MR) is 77.3 cm³/mol. The lowest BCUT2D eigenvalue weighted by Crippen LogP contribution is -2.40. The number of aromatic amines is 1. The lowest BCUT2D eigenvalue weighted by molar-refractivity contribution is -0.385. The molecule has 0 spiro atoms. The maximum absolute atomic E-state index is 10.6. The lowest BCUT2D eigenvalue weighted by atomic mass is 9.93. The van der Waals surface area contributed by atoms with Crippen molar-refractivity contribution in [3.8, 4) is 0 Å². The average molecular weight is 306 g/mol. The van der Waals surface area contributed by atoms with Crippen molar-refractivity contribution in [3.05, 3.63) is 40.0 Å². The van der Waals surface area contributed by atoms with Gasteiger partial charge in [0.15, 0.2) is 0 Å². The number of aliphatic hydroxyl groups excluding tert-OH is 1. The number of fused-ring (bicyclic) bond motifs is 1. The molecule has 3 N–H and O–H groups in total. The first kappa shape index (κ1) is 14.7. The Morgan fingerprint density at radius 1 is 1.59 bits per heavy atom. The van der Waals surface area contributed by atoms with Crippen LogP contribution in [-0.4, -0.2) is 48.7 Å². The van der Waals surface area contributed by atoms with Crippen LogP contribution >= 0.6 is 0 Å². The number of nitrogens with zero attached hydrogens (tertiary/aromatic N) is 4. The first-order valence-electron chi connectivity index (χ1n) is 7.21. The Morgan fingerprint density at radius 2 is 2.45 bits per heavy atom. The van der Waals surface area contributed by atoms with Crippen molar-refractivity contribution in [2.75, 3.05) is 6.54 Å². The van der Waals surface area contributed by atoms with E-state index < -0.39 is 11.0 Å². The van der Waals surface area contributed by atoms with E-state index in [4.69, 9.17) is 0 Å². The van der Waals surface area contributed by atoms with Crippen LogP contribution in [0.4, 0.5) is 5.69 Å². The second-order valence-corrected chi connectivity index (χ2v) is 5.55. The molecule has 0 amide bonds. The summed E-state index contributed by atoms with van der Waals surface area (Å²) in [5.41, 5.74) is 2.35. The van der Waals surface area contributed by atoms with Crippen LogP contribution in [0.25, 0.3) is 0 Å². The molecule has 118 valence electrons. The molecule has 2 heterocycles. The van der Waals surface area contributed by atoms with Crippen LogP contribution in [0.3, 0.4) is 0 Å². The third kappa shape index (κ3) is 3.31. The molecule has 1 aliphatic carbocycles. The average Bonchev–Trinajstić information content (AvgIpc) is 3.13. The first-order chi connectivity index (χ1) is 10.6. The number of aromatic nitrogens is 4. The fraction of sp³-hybridized carbons (Fsp3) is 0.538. The molecule has 3 rings (SSSR count). The summed E-state index contributed by atoms with van der Waals surface area (Å²) in [6.45, 7) is 0.649. The summed E-state index contributed by atoms with van der Waals surface area (Å²) in [6.07, 6.45) is 6.55. The van der Waals surface area contributed by atoms with Crippen LogP contribution in [0.1, 0.15) is 17.7 Å².